The van der Waals surface area contributed by atoms with E-state index in [1.54, 1.807) is 16.9 Å². The molecule has 0 amide bonds. The SMILES string of the molecule is Cc1nnn(C)c1-c1ccc2nc(C)n([C@@H](c3ccccn3)c3ccc(F)cc3F)c2c1. The maximum Gasteiger partial charge on any atom is 0.131 e. The lowest BCUT2D eigenvalue weighted by atomic mass is 10.0. The smallest absolute Gasteiger partial charge is 0.131 e. The fourth-order valence-corrected chi connectivity index (χ4v) is 4.23. The second kappa shape index (κ2) is 7.64. The third kappa shape index (κ3) is 3.24. The molecule has 0 saturated heterocycles. The van der Waals surface area contributed by atoms with E-state index in [2.05, 4.69) is 15.3 Å². The van der Waals surface area contributed by atoms with Crippen molar-refractivity contribution in [3.8, 4) is 11.3 Å². The minimum atomic E-state index is -0.635. The van der Waals surface area contributed by atoms with Gasteiger partial charge in [0.05, 0.1) is 28.1 Å². The number of fused-ring (bicyclic) bond motifs is 1. The summed E-state index contributed by atoms with van der Waals surface area (Å²) in [7, 11) is 1.84. The number of aryl methyl sites for hydroxylation is 3. The highest BCUT2D eigenvalue weighted by Gasteiger charge is 2.26. The Kier molecular flexibility index (Phi) is 4.77. The van der Waals surface area contributed by atoms with E-state index in [0.717, 1.165) is 34.1 Å². The summed E-state index contributed by atoms with van der Waals surface area (Å²) < 4.78 is 32.3. The van der Waals surface area contributed by atoms with Gasteiger partial charge in [0.2, 0.25) is 0 Å². The number of benzene rings is 2. The van der Waals surface area contributed by atoms with Gasteiger partial charge >= 0.3 is 0 Å². The molecule has 0 N–H and O–H groups in total. The topological polar surface area (TPSA) is 61.4 Å². The van der Waals surface area contributed by atoms with Gasteiger partial charge in [0.15, 0.2) is 0 Å². The van der Waals surface area contributed by atoms with E-state index in [4.69, 9.17) is 4.98 Å². The first-order valence-corrected chi connectivity index (χ1v) is 10.1. The van der Waals surface area contributed by atoms with Crippen LogP contribution in [0.5, 0.6) is 0 Å². The van der Waals surface area contributed by atoms with Crippen LogP contribution in [0.15, 0.2) is 60.8 Å². The lowest BCUT2D eigenvalue weighted by Crippen LogP contribution is -2.17. The molecule has 0 aliphatic carbocycles. The highest BCUT2D eigenvalue weighted by atomic mass is 19.1. The number of aromatic nitrogens is 6. The Morgan fingerprint density at radius 2 is 1.81 bits per heavy atom. The first-order chi connectivity index (χ1) is 15.4. The Morgan fingerprint density at radius 1 is 0.969 bits per heavy atom. The predicted octanol–water partition coefficient (Wildman–Crippen LogP) is 4.76. The van der Waals surface area contributed by atoms with Crippen molar-refractivity contribution in [3.63, 3.8) is 0 Å². The highest BCUT2D eigenvalue weighted by molar-refractivity contribution is 5.83. The Labute approximate surface area is 183 Å². The Balaban J connectivity index is 1.79. The van der Waals surface area contributed by atoms with Gasteiger partial charge < -0.3 is 4.57 Å². The molecular weight excluding hydrogens is 410 g/mol. The molecule has 2 aromatic carbocycles. The second-order valence-corrected chi connectivity index (χ2v) is 7.70. The zero-order valence-corrected chi connectivity index (χ0v) is 17.8. The van der Waals surface area contributed by atoms with E-state index in [9.17, 15) is 8.78 Å². The van der Waals surface area contributed by atoms with Gasteiger partial charge in [-0.25, -0.2) is 18.4 Å². The molecular formula is C24H20F2N6. The summed E-state index contributed by atoms with van der Waals surface area (Å²) in [5, 5.41) is 8.25. The zero-order chi connectivity index (χ0) is 22.4. The Morgan fingerprint density at radius 3 is 2.50 bits per heavy atom. The average molecular weight is 430 g/mol. The summed E-state index contributed by atoms with van der Waals surface area (Å²) in [4.78, 5) is 9.19. The normalized spacial score (nSPS) is 12.4. The highest BCUT2D eigenvalue weighted by Crippen LogP contribution is 2.34. The fraction of sp³-hybridized carbons (Fsp3) is 0.167. The van der Waals surface area contributed by atoms with Crippen molar-refractivity contribution >= 4 is 11.0 Å². The second-order valence-electron chi connectivity index (χ2n) is 7.70. The van der Waals surface area contributed by atoms with E-state index in [1.807, 2.05) is 55.8 Å². The summed E-state index contributed by atoms with van der Waals surface area (Å²) in [6.45, 7) is 3.77. The average Bonchev–Trinajstić information content (AvgIpc) is 3.28. The van der Waals surface area contributed by atoms with Gasteiger partial charge in [-0.15, -0.1) is 5.10 Å². The van der Waals surface area contributed by atoms with Crippen LogP contribution in [0.3, 0.4) is 0 Å². The quantitative estimate of drug-likeness (QED) is 0.413. The molecule has 0 aliphatic rings. The van der Waals surface area contributed by atoms with Crippen LogP contribution in [0.1, 0.15) is 28.8 Å². The van der Waals surface area contributed by atoms with Crippen molar-refractivity contribution in [2.75, 3.05) is 0 Å². The van der Waals surface area contributed by atoms with Crippen LogP contribution in [-0.4, -0.2) is 29.5 Å². The molecule has 3 aromatic heterocycles. The van der Waals surface area contributed by atoms with Crippen LogP contribution < -0.4 is 0 Å². The van der Waals surface area contributed by atoms with E-state index in [0.29, 0.717) is 17.1 Å². The molecule has 8 heteroatoms. The van der Waals surface area contributed by atoms with Crippen molar-refractivity contribution < 1.29 is 8.78 Å². The van der Waals surface area contributed by atoms with Gasteiger partial charge in [0.25, 0.3) is 0 Å². The third-order valence-corrected chi connectivity index (χ3v) is 5.62. The maximum atomic E-state index is 15.0. The number of imidazole rings is 1. The van der Waals surface area contributed by atoms with E-state index < -0.39 is 17.7 Å². The molecule has 0 fully saturated rings. The van der Waals surface area contributed by atoms with Crippen molar-refractivity contribution in [2.24, 2.45) is 7.05 Å². The molecule has 1 atom stereocenters. The first kappa shape index (κ1) is 20.0. The van der Waals surface area contributed by atoms with Crippen molar-refractivity contribution in [1.29, 1.82) is 0 Å². The number of halogens is 2. The van der Waals surface area contributed by atoms with Crippen molar-refractivity contribution in [2.45, 2.75) is 19.9 Å². The summed E-state index contributed by atoms with van der Waals surface area (Å²) in [5.74, 6) is -0.569. The largest absolute Gasteiger partial charge is 0.315 e. The summed E-state index contributed by atoms with van der Waals surface area (Å²) in [5.41, 5.74) is 5.13. The van der Waals surface area contributed by atoms with Crippen LogP contribution in [-0.2, 0) is 7.05 Å². The van der Waals surface area contributed by atoms with E-state index in [-0.39, 0.29) is 0 Å². The molecule has 0 radical (unpaired) electrons. The first-order valence-electron chi connectivity index (χ1n) is 10.1. The van der Waals surface area contributed by atoms with Gasteiger partial charge in [-0.2, -0.15) is 0 Å². The molecule has 0 saturated carbocycles. The standard InChI is InChI=1S/C24H20F2N6/c1-14-23(31(3)30-29-14)16-7-10-20-22(12-16)32(15(2)28-20)24(21-6-4-5-11-27-21)18-9-8-17(25)13-19(18)26/h4-13,24H,1-3H3/t24-/m1/s1. The summed E-state index contributed by atoms with van der Waals surface area (Å²) in [6, 6.07) is 14.4. The third-order valence-electron chi connectivity index (χ3n) is 5.62. The van der Waals surface area contributed by atoms with Gasteiger partial charge in [-0.05, 0) is 44.2 Å². The predicted molar refractivity (Wildman–Crippen MR) is 117 cm³/mol. The maximum absolute atomic E-state index is 15.0. The number of hydrogen-bond donors (Lipinski definition) is 0. The molecule has 5 rings (SSSR count). The minimum absolute atomic E-state index is 0.316. The Bertz CT molecular complexity index is 1420. The molecule has 3 heterocycles. The van der Waals surface area contributed by atoms with Gasteiger partial charge in [0.1, 0.15) is 23.5 Å². The molecule has 5 aromatic rings. The monoisotopic (exact) mass is 430 g/mol. The van der Waals surface area contributed by atoms with Crippen molar-refractivity contribution in [3.05, 3.63) is 95.2 Å². The molecule has 0 aliphatic heterocycles. The lowest BCUT2D eigenvalue weighted by molar-refractivity contribution is 0.546. The van der Waals surface area contributed by atoms with Crippen molar-refractivity contribution in [1.82, 2.24) is 29.5 Å². The molecule has 0 bridgehead atoms. The minimum Gasteiger partial charge on any atom is -0.315 e. The summed E-state index contributed by atoms with van der Waals surface area (Å²) >= 11 is 0. The molecule has 160 valence electrons. The molecule has 32 heavy (non-hydrogen) atoms. The van der Waals surface area contributed by atoms with Crippen LogP contribution in [0, 0.1) is 25.5 Å². The molecule has 0 spiro atoms. The van der Waals surface area contributed by atoms with Crippen LogP contribution in [0.2, 0.25) is 0 Å². The van der Waals surface area contributed by atoms with Crippen LogP contribution in [0.25, 0.3) is 22.3 Å². The lowest BCUT2D eigenvalue weighted by Gasteiger charge is -2.22. The number of pyridine rings is 1. The van der Waals surface area contributed by atoms with E-state index in [1.165, 1.54) is 12.1 Å². The Hall–Kier alpha value is -3.94. The molecule has 0 unspecified atom stereocenters. The fourth-order valence-electron chi connectivity index (χ4n) is 4.23. The number of rotatable bonds is 4. The van der Waals surface area contributed by atoms with Gasteiger partial charge in [-0.3, -0.25) is 4.98 Å². The van der Waals surface area contributed by atoms with Crippen LogP contribution >= 0.6 is 0 Å². The summed E-state index contributed by atoms with van der Waals surface area (Å²) in [6.07, 6.45) is 1.66. The van der Waals surface area contributed by atoms with E-state index >= 15 is 0 Å². The zero-order valence-electron chi connectivity index (χ0n) is 17.8. The van der Waals surface area contributed by atoms with Gasteiger partial charge in [-0.1, -0.05) is 23.4 Å². The number of nitrogens with zero attached hydrogens (tertiary/aromatic N) is 6. The number of hydrogen-bond acceptors (Lipinski definition) is 4. The molecule has 6 nitrogen and oxygen atoms in total. The van der Waals surface area contributed by atoms with Gasteiger partial charge in [0, 0.05) is 30.4 Å². The van der Waals surface area contributed by atoms with Crippen LogP contribution in [0.4, 0.5) is 8.78 Å².